The SMILES string of the molecule is CCC(C)C(N)C(=O)Nc1cnn(CC)c1. The normalized spacial score (nSPS) is 14.5. The molecule has 5 nitrogen and oxygen atoms in total. The van der Waals surface area contributed by atoms with Gasteiger partial charge in [0.15, 0.2) is 0 Å². The average molecular weight is 224 g/mol. The molecule has 0 fully saturated rings. The third-order valence-electron chi connectivity index (χ3n) is 2.78. The molecule has 2 unspecified atom stereocenters. The predicted molar refractivity (Wildman–Crippen MR) is 64.0 cm³/mol. The first-order chi connectivity index (χ1) is 7.58. The Morgan fingerprint density at radius 3 is 2.81 bits per heavy atom. The molecule has 0 aromatic carbocycles. The molecule has 0 saturated heterocycles. The fourth-order valence-electron chi connectivity index (χ4n) is 1.34. The quantitative estimate of drug-likeness (QED) is 0.789. The third-order valence-corrected chi connectivity index (χ3v) is 2.78. The molecule has 1 amide bonds. The summed E-state index contributed by atoms with van der Waals surface area (Å²) in [5.74, 6) is 0.0335. The number of rotatable bonds is 5. The van der Waals surface area contributed by atoms with Crippen molar-refractivity contribution >= 4 is 11.6 Å². The first kappa shape index (κ1) is 12.7. The van der Waals surface area contributed by atoms with Crippen LogP contribution >= 0.6 is 0 Å². The second-order valence-electron chi connectivity index (χ2n) is 3.99. The number of hydrogen-bond donors (Lipinski definition) is 2. The maximum absolute atomic E-state index is 11.7. The number of nitrogens with one attached hydrogen (secondary N) is 1. The minimum atomic E-state index is -0.463. The first-order valence-corrected chi connectivity index (χ1v) is 5.67. The van der Waals surface area contributed by atoms with Crippen molar-refractivity contribution in [3.63, 3.8) is 0 Å². The van der Waals surface area contributed by atoms with Gasteiger partial charge in [0, 0.05) is 12.7 Å². The number of carbonyl (C=O) groups excluding carboxylic acids is 1. The highest BCUT2D eigenvalue weighted by Crippen LogP contribution is 2.09. The van der Waals surface area contributed by atoms with Crippen LogP contribution in [0.1, 0.15) is 27.2 Å². The molecular formula is C11H20N4O. The average Bonchev–Trinajstić information content (AvgIpc) is 2.74. The van der Waals surface area contributed by atoms with Crippen molar-refractivity contribution in [1.82, 2.24) is 9.78 Å². The van der Waals surface area contributed by atoms with Gasteiger partial charge >= 0.3 is 0 Å². The number of amides is 1. The molecule has 90 valence electrons. The minimum absolute atomic E-state index is 0.148. The van der Waals surface area contributed by atoms with Gasteiger partial charge in [0.05, 0.1) is 17.9 Å². The molecular weight excluding hydrogens is 204 g/mol. The van der Waals surface area contributed by atoms with E-state index in [1.54, 1.807) is 17.1 Å². The Morgan fingerprint density at radius 1 is 1.62 bits per heavy atom. The highest BCUT2D eigenvalue weighted by Gasteiger charge is 2.19. The number of aryl methyl sites for hydroxylation is 1. The standard InChI is InChI=1S/C11H20N4O/c1-4-8(3)10(12)11(16)14-9-6-13-15(5-2)7-9/h6-8,10H,4-5,12H2,1-3H3,(H,14,16). The highest BCUT2D eigenvalue weighted by atomic mass is 16.2. The number of nitrogens with zero attached hydrogens (tertiary/aromatic N) is 2. The second kappa shape index (κ2) is 5.65. The van der Waals surface area contributed by atoms with Gasteiger partial charge in [-0.05, 0) is 12.8 Å². The molecule has 1 aromatic heterocycles. The van der Waals surface area contributed by atoms with Crippen LogP contribution in [-0.2, 0) is 11.3 Å². The highest BCUT2D eigenvalue weighted by molar-refractivity contribution is 5.94. The lowest BCUT2D eigenvalue weighted by molar-refractivity contribution is -0.118. The van der Waals surface area contributed by atoms with E-state index in [0.717, 1.165) is 13.0 Å². The maximum Gasteiger partial charge on any atom is 0.241 e. The summed E-state index contributed by atoms with van der Waals surface area (Å²) < 4.78 is 1.75. The van der Waals surface area contributed by atoms with Crippen LogP contribution in [0.2, 0.25) is 0 Å². The molecule has 3 N–H and O–H groups in total. The summed E-state index contributed by atoms with van der Waals surface area (Å²) in [5, 5.41) is 6.84. The number of anilines is 1. The molecule has 0 radical (unpaired) electrons. The van der Waals surface area contributed by atoms with Crippen LogP contribution in [-0.4, -0.2) is 21.7 Å². The summed E-state index contributed by atoms with van der Waals surface area (Å²) in [7, 11) is 0. The van der Waals surface area contributed by atoms with Gasteiger partial charge < -0.3 is 11.1 Å². The predicted octanol–water partition coefficient (Wildman–Crippen LogP) is 1.21. The van der Waals surface area contributed by atoms with Crippen molar-refractivity contribution in [2.45, 2.75) is 39.8 Å². The molecule has 5 heteroatoms. The molecule has 1 rings (SSSR count). The lowest BCUT2D eigenvalue weighted by atomic mass is 9.99. The van der Waals surface area contributed by atoms with Crippen molar-refractivity contribution in [3.8, 4) is 0 Å². The van der Waals surface area contributed by atoms with E-state index in [0.29, 0.717) is 5.69 Å². The van der Waals surface area contributed by atoms with E-state index in [2.05, 4.69) is 10.4 Å². The van der Waals surface area contributed by atoms with Crippen molar-refractivity contribution < 1.29 is 4.79 Å². The zero-order chi connectivity index (χ0) is 12.1. The molecule has 0 aliphatic rings. The zero-order valence-corrected chi connectivity index (χ0v) is 10.1. The summed E-state index contributed by atoms with van der Waals surface area (Å²) in [6.07, 6.45) is 4.31. The molecule has 0 bridgehead atoms. The van der Waals surface area contributed by atoms with Gasteiger partial charge in [-0.25, -0.2) is 0 Å². The second-order valence-corrected chi connectivity index (χ2v) is 3.99. The maximum atomic E-state index is 11.7. The molecule has 1 aromatic rings. The lowest BCUT2D eigenvalue weighted by Crippen LogP contribution is -2.40. The van der Waals surface area contributed by atoms with Crippen molar-refractivity contribution in [3.05, 3.63) is 12.4 Å². The van der Waals surface area contributed by atoms with E-state index in [9.17, 15) is 4.79 Å². The van der Waals surface area contributed by atoms with Crippen LogP contribution in [0.5, 0.6) is 0 Å². The van der Waals surface area contributed by atoms with E-state index in [-0.39, 0.29) is 11.8 Å². The molecule has 1 heterocycles. The van der Waals surface area contributed by atoms with Crippen molar-refractivity contribution in [2.75, 3.05) is 5.32 Å². The molecule has 0 spiro atoms. The van der Waals surface area contributed by atoms with Gasteiger partial charge in [0.1, 0.15) is 0 Å². The van der Waals surface area contributed by atoms with Crippen LogP contribution in [0.3, 0.4) is 0 Å². The van der Waals surface area contributed by atoms with Gasteiger partial charge in [0.2, 0.25) is 5.91 Å². The summed E-state index contributed by atoms with van der Waals surface area (Å²) in [5.41, 5.74) is 6.52. The van der Waals surface area contributed by atoms with E-state index < -0.39 is 6.04 Å². The van der Waals surface area contributed by atoms with Gasteiger partial charge in [-0.3, -0.25) is 9.48 Å². The van der Waals surface area contributed by atoms with Crippen molar-refractivity contribution in [1.29, 1.82) is 0 Å². The van der Waals surface area contributed by atoms with Gasteiger partial charge in [-0.15, -0.1) is 0 Å². The van der Waals surface area contributed by atoms with Gasteiger partial charge in [-0.1, -0.05) is 20.3 Å². The monoisotopic (exact) mass is 224 g/mol. The summed E-state index contributed by atoms with van der Waals surface area (Å²) >= 11 is 0. The van der Waals surface area contributed by atoms with Gasteiger partial charge in [-0.2, -0.15) is 5.10 Å². The smallest absolute Gasteiger partial charge is 0.241 e. The Balaban J connectivity index is 2.57. The molecule has 16 heavy (non-hydrogen) atoms. The number of carbonyl (C=O) groups is 1. The largest absolute Gasteiger partial charge is 0.322 e. The Hall–Kier alpha value is -1.36. The number of hydrogen-bond acceptors (Lipinski definition) is 3. The van der Waals surface area contributed by atoms with E-state index >= 15 is 0 Å². The van der Waals surface area contributed by atoms with Crippen LogP contribution in [0.25, 0.3) is 0 Å². The van der Waals surface area contributed by atoms with E-state index in [1.165, 1.54) is 0 Å². The van der Waals surface area contributed by atoms with Gasteiger partial charge in [0.25, 0.3) is 0 Å². The molecule has 2 atom stereocenters. The topological polar surface area (TPSA) is 72.9 Å². The molecule has 0 saturated carbocycles. The fraction of sp³-hybridized carbons (Fsp3) is 0.636. The summed E-state index contributed by atoms with van der Waals surface area (Å²) in [4.78, 5) is 11.7. The van der Waals surface area contributed by atoms with Crippen LogP contribution < -0.4 is 11.1 Å². The first-order valence-electron chi connectivity index (χ1n) is 5.67. The minimum Gasteiger partial charge on any atom is -0.322 e. The van der Waals surface area contributed by atoms with Crippen molar-refractivity contribution in [2.24, 2.45) is 11.7 Å². The molecule has 0 aliphatic carbocycles. The van der Waals surface area contributed by atoms with Crippen LogP contribution in [0.15, 0.2) is 12.4 Å². The van der Waals surface area contributed by atoms with E-state index in [4.69, 9.17) is 5.73 Å². The summed E-state index contributed by atoms with van der Waals surface area (Å²) in [6, 6.07) is -0.463. The summed E-state index contributed by atoms with van der Waals surface area (Å²) in [6.45, 7) is 6.77. The number of aromatic nitrogens is 2. The third kappa shape index (κ3) is 3.06. The van der Waals surface area contributed by atoms with Crippen LogP contribution in [0.4, 0.5) is 5.69 Å². The Kier molecular flexibility index (Phi) is 4.49. The zero-order valence-electron chi connectivity index (χ0n) is 10.1. The van der Waals surface area contributed by atoms with Crippen LogP contribution in [0, 0.1) is 5.92 Å². The Morgan fingerprint density at radius 2 is 2.31 bits per heavy atom. The Bertz CT molecular complexity index is 348. The molecule has 0 aliphatic heterocycles. The Labute approximate surface area is 96.0 Å². The number of nitrogens with two attached hydrogens (primary N) is 1. The lowest BCUT2D eigenvalue weighted by Gasteiger charge is -2.16. The van der Waals surface area contributed by atoms with E-state index in [1.807, 2.05) is 20.8 Å². The fourth-order valence-corrected chi connectivity index (χ4v) is 1.34.